The molecule has 2 rings (SSSR count). The quantitative estimate of drug-likeness (QED) is 0.615. The highest BCUT2D eigenvalue weighted by Crippen LogP contribution is 2.21. The van der Waals surface area contributed by atoms with Crippen LogP contribution < -0.4 is 11.1 Å². The third-order valence-electron chi connectivity index (χ3n) is 4.00. The maximum Gasteiger partial charge on any atom is 0.267 e. The molecule has 1 aromatic heterocycles. The predicted molar refractivity (Wildman–Crippen MR) is 85.1 cm³/mol. The maximum absolute atomic E-state index is 12.1. The van der Waals surface area contributed by atoms with Crippen molar-refractivity contribution >= 4 is 22.5 Å². The molecule has 1 heterocycles. The molecule has 2 aromatic rings. The number of carbonyl (C=O) groups excluding carboxylic acids is 1. The molecule has 1 unspecified atom stereocenters. The zero-order chi connectivity index (χ0) is 15.4. The van der Waals surface area contributed by atoms with Crippen molar-refractivity contribution in [2.75, 3.05) is 12.3 Å². The fourth-order valence-electron chi connectivity index (χ4n) is 2.59. The number of fused-ring (bicyclic) bond motifs is 1. The van der Waals surface area contributed by atoms with Gasteiger partial charge in [0.2, 0.25) is 0 Å². The van der Waals surface area contributed by atoms with E-state index in [9.17, 15) is 9.90 Å². The van der Waals surface area contributed by atoms with Crippen LogP contribution in [0.2, 0.25) is 0 Å². The first-order valence-corrected chi connectivity index (χ1v) is 7.40. The number of nitrogens with two attached hydrogens (primary N) is 1. The number of anilines is 1. The van der Waals surface area contributed by atoms with E-state index in [1.165, 1.54) is 0 Å². The average Bonchev–Trinajstić information content (AvgIpc) is 2.91. The molecule has 5 heteroatoms. The lowest BCUT2D eigenvalue weighted by atomic mass is 9.96. The number of aliphatic hydroxyl groups is 1. The third kappa shape index (κ3) is 3.36. The van der Waals surface area contributed by atoms with E-state index in [4.69, 9.17) is 5.73 Å². The van der Waals surface area contributed by atoms with Crippen LogP contribution >= 0.6 is 0 Å². The van der Waals surface area contributed by atoms with Gasteiger partial charge in [0.05, 0.1) is 17.3 Å². The lowest BCUT2D eigenvalue weighted by Gasteiger charge is -2.20. The van der Waals surface area contributed by atoms with Crippen molar-refractivity contribution < 1.29 is 9.90 Å². The van der Waals surface area contributed by atoms with E-state index in [1.54, 1.807) is 12.1 Å². The molecule has 0 saturated carbocycles. The summed E-state index contributed by atoms with van der Waals surface area (Å²) in [5.74, 6) is -0.0146. The first-order chi connectivity index (χ1) is 10.1. The van der Waals surface area contributed by atoms with Crippen molar-refractivity contribution in [1.29, 1.82) is 0 Å². The zero-order valence-electron chi connectivity index (χ0n) is 12.5. The van der Waals surface area contributed by atoms with Crippen molar-refractivity contribution in [1.82, 2.24) is 10.3 Å². The molecule has 1 aromatic carbocycles. The van der Waals surface area contributed by atoms with Gasteiger partial charge < -0.3 is 21.1 Å². The zero-order valence-corrected chi connectivity index (χ0v) is 12.5. The number of nitrogen functional groups attached to an aromatic ring is 1. The van der Waals surface area contributed by atoms with Gasteiger partial charge in [-0.15, -0.1) is 0 Å². The summed E-state index contributed by atoms with van der Waals surface area (Å²) < 4.78 is 0. The lowest BCUT2D eigenvalue weighted by molar-refractivity contribution is 0.0813. The number of amides is 1. The number of nitrogens with one attached hydrogen (secondary N) is 2. The number of hydrogen-bond acceptors (Lipinski definition) is 3. The molecular formula is C16H23N3O2. The highest BCUT2D eigenvalue weighted by atomic mass is 16.3. The van der Waals surface area contributed by atoms with Crippen LogP contribution in [0, 0.1) is 5.92 Å². The van der Waals surface area contributed by atoms with Crippen LogP contribution in [0.4, 0.5) is 5.69 Å². The Morgan fingerprint density at radius 3 is 2.71 bits per heavy atom. The van der Waals surface area contributed by atoms with Gasteiger partial charge in [0, 0.05) is 11.9 Å². The lowest BCUT2D eigenvalue weighted by Crippen LogP contribution is -2.36. The van der Waals surface area contributed by atoms with Crippen LogP contribution in [0.3, 0.4) is 0 Å². The fourth-order valence-corrected chi connectivity index (χ4v) is 2.59. The smallest absolute Gasteiger partial charge is 0.267 e. The van der Waals surface area contributed by atoms with Crippen molar-refractivity contribution in [3.05, 3.63) is 30.0 Å². The Labute approximate surface area is 124 Å². The number of rotatable bonds is 6. The Hall–Kier alpha value is -2.01. The van der Waals surface area contributed by atoms with E-state index in [0.717, 1.165) is 23.7 Å². The summed E-state index contributed by atoms with van der Waals surface area (Å²) in [6.07, 6.45) is 1.28. The molecule has 0 bridgehead atoms. The molecule has 114 valence electrons. The standard InChI is InChI=1S/C16H23N3O2/c1-3-10(4-2)14(20)9-18-16(21)13-8-11-6-5-7-12(17)15(11)19-13/h5-8,10,14,19-20H,3-4,9,17H2,1-2H3,(H,18,21). The van der Waals surface area contributed by atoms with Crippen LogP contribution in [0.1, 0.15) is 37.2 Å². The summed E-state index contributed by atoms with van der Waals surface area (Å²) >= 11 is 0. The number of H-pyrrole nitrogens is 1. The molecule has 1 atom stereocenters. The van der Waals surface area contributed by atoms with Crippen LogP contribution in [0.25, 0.3) is 10.9 Å². The number of hydrogen-bond donors (Lipinski definition) is 4. The highest BCUT2D eigenvalue weighted by molar-refractivity contribution is 6.00. The third-order valence-corrected chi connectivity index (χ3v) is 4.00. The van der Waals surface area contributed by atoms with Gasteiger partial charge in [0.1, 0.15) is 5.69 Å². The normalized spacial score (nSPS) is 12.8. The predicted octanol–water partition coefficient (Wildman–Crippen LogP) is 2.28. The summed E-state index contributed by atoms with van der Waals surface area (Å²) in [4.78, 5) is 15.2. The van der Waals surface area contributed by atoms with Crippen molar-refractivity contribution in [2.45, 2.75) is 32.8 Å². The van der Waals surface area contributed by atoms with Gasteiger partial charge in [-0.25, -0.2) is 0 Å². The Kier molecular flexibility index (Phi) is 4.85. The second kappa shape index (κ2) is 6.63. The van der Waals surface area contributed by atoms with E-state index in [0.29, 0.717) is 11.4 Å². The molecule has 0 saturated heterocycles. The fraction of sp³-hybridized carbons (Fsp3) is 0.438. The van der Waals surface area contributed by atoms with Crippen molar-refractivity contribution in [3.63, 3.8) is 0 Å². The largest absolute Gasteiger partial charge is 0.397 e. The summed E-state index contributed by atoms with van der Waals surface area (Å²) in [6, 6.07) is 7.31. The molecule has 0 spiro atoms. The number of aromatic amines is 1. The number of aliphatic hydroxyl groups excluding tert-OH is 1. The van der Waals surface area contributed by atoms with E-state index in [2.05, 4.69) is 10.3 Å². The molecule has 0 fully saturated rings. The highest BCUT2D eigenvalue weighted by Gasteiger charge is 2.17. The average molecular weight is 289 g/mol. The first-order valence-electron chi connectivity index (χ1n) is 7.40. The minimum Gasteiger partial charge on any atom is -0.397 e. The van der Waals surface area contributed by atoms with Gasteiger partial charge in [0.25, 0.3) is 5.91 Å². The van der Waals surface area contributed by atoms with E-state index < -0.39 is 6.10 Å². The summed E-state index contributed by atoms with van der Waals surface area (Å²) in [6.45, 7) is 4.34. The monoisotopic (exact) mass is 289 g/mol. The van der Waals surface area contributed by atoms with E-state index in [-0.39, 0.29) is 18.4 Å². The minimum atomic E-state index is -0.515. The van der Waals surface area contributed by atoms with Gasteiger partial charge >= 0.3 is 0 Å². The summed E-state index contributed by atoms with van der Waals surface area (Å²) in [5.41, 5.74) is 7.70. The Morgan fingerprint density at radius 1 is 1.38 bits per heavy atom. The van der Waals surface area contributed by atoms with Gasteiger partial charge in [0.15, 0.2) is 0 Å². The summed E-state index contributed by atoms with van der Waals surface area (Å²) in [7, 11) is 0. The van der Waals surface area contributed by atoms with E-state index >= 15 is 0 Å². The molecular weight excluding hydrogens is 266 g/mol. The topological polar surface area (TPSA) is 91.1 Å². The molecule has 0 aliphatic rings. The number of carbonyl (C=O) groups is 1. The van der Waals surface area contributed by atoms with Crippen molar-refractivity contribution in [2.24, 2.45) is 5.92 Å². The Bertz CT molecular complexity index is 617. The number of benzene rings is 1. The number of para-hydroxylation sites is 1. The molecule has 0 radical (unpaired) electrons. The molecule has 21 heavy (non-hydrogen) atoms. The molecule has 1 amide bonds. The van der Waals surface area contributed by atoms with Crippen LogP contribution in [0.5, 0.6) is 0 Å². The molecule has 5 nitrogen and oxygen atoms in total. The van der Waals surface area contributed by atoms with Gasteiger partial charge in [-0.3, -0.25) is 4.79 Å². The van der Waals surface area contributed by atoms with Crippen LogP contribution in [0.15, 0.2) is 24.3 Å². The van der Waals surface area contributed by atoms with Crippen LogP contribution in [-0.2, 0) is 0 Å². The molecule has 0 aliphatic carbocycles. The van der Waals surface area contributed by atoms with Crippen LogP contribution in [-0.4, -0.2) is 28.6 Å². The Morgan fingerprint density at radius 2 is 2.10 bits per heavy atom. The Balaban J connectivity index is 2.04. The van der Waals surface area contributed by atoms with Gasteiger partial charge in [-0.05, 0) is 18.1 Å². The maximum atomic E-state index is 12.1. The molecule has 0 aliphatic heterocycles. The molecule has 5 N–H and O–H groups in total. The SMILES string of the molecule is CCC(CC)C(O)CNC(=O)c1cc2cccc(N)c2[nH]1. The van der Waals surface area contributed by atoms with Gasteiger partial charge in [-0.2, -0.15) is 0 Å². The van der Waals surface area contributed by atoms with Crippen molar-refractivity contribution in [3.8, 4) is 0 Å². The number of aromatic nitrogens is 1. The minimum absolute atomic E-state index is 0.212. The second-order valence-corrected chi connectivity index (χ2v) is 5.35. The van der Waals surface area contributed by atoms with E-state index in [1.807, 2.05) is 26.0 Å². The second-order valence-electron chi connectivity index (χ2n) is 5.35. The first kappa shape index (κ1) is 15.4. The summed E-state index contributed by atoms with van der Waals surface area (Å²) in [5, 5.41) is 13.7. The van der Waals surface area contributed by atoms with Gasteiger partial charge in [-0.1, -0.05) is 38.8 Å².